The van der Waals surface area contributed by atoms with E-state index in [4.69, 9.17) is 10.8 Å². The van der Waals surface area contributed by atoms with E-state index < -0.39 is 0 Å². The summed E-state index contributed by atoms with van der Waals surface area (Å²) in [4.78, 5) is 0. The van der Waals surface area contributed by atoms with E-state index in [1.165, 1.54) is 0 Å². The molecule has 0 aliphatic heterocycles. The Morgan fingerprint density at radius 3 is 1.73 bits per heavy atom. The van der Waals surface area contributed by atoms with Gasteiger partial charge in [-0.3, -0.25) is 0 Å². The van der Waals surface area contributed by atoms with Gasteiger partial charge in [-0.15, -0.1) is 0 Å². The smallest absolute Gasteiger partial charge is 0.0470 e. The predicted octanol–water partition coefficient (Wildman–Crippen LogP) is 0.988. The maximum absolute atomic E-state index is 9.12. The Bertz CT molecular complexity index is 147. The molecule has 0 amide bonds. The molecule has 1 saturated carbocycles. The van der Waals surface area contributed by atoms with Gasteiger partial charge in [0.25, 0.3) is 0 Å². The lowest BCUT2D eigenvalue weighted by Gasteiger charge is -2.62. The molecule has 0 atom stereocenters. The molecule has 3 N–H and O–H groups in total. The van der Waals surface area contributed by atoms with Crippen molar-refractivity contribution in [2.75, 3.05) is 6.61 Å². The van der Waals surface area contributed by atoms with E-state index in [1.807, 2.05) is 0 Å². The molecule has 0 unspecified atom stereocenters. The van der Waals surface area contributed by atoms with Crippen molar-refractivity contribution in [2.45, 2.75) is 33.7 Å². The Morgan fingerprint density at radius 1 is 1.18 bits per heavy atom. The van der Waals surface area contributed by atoms with Crippen molar-refractivity contribution in [3.63, 3.8) is 0 Å². The van der Waals surface area contributed by atoms with Crippen LogP contribution in [0.1, 0.15) is 27.7 Å². The molecule has 0 saturated heterocycles. The molecule has 1 rings (SSSR count). The van der Waals surface area contributed by atoms with Crippen molar-refractivity contribution in [2.24, 2.45) is 22.5 Å². The maximum Gasteiger partial charge on any atom is 0.0470 e. The molecule has 0 aromatic carbocycles. The minimum atomic E-state index is 0.109. The highest BCUT2D eigenvalue weighted by Crippen LogP contribution is 2.57. The summed E-state index contributed by atoms with van der Waals surface area (Å²) >= 11 is 0. The zero-order valence-electron chi connectivity index (χ0n) is 7.89. The monoisotopic (exact) mass is 157 g/mol. The van der Waals surface area contributed by atoms with Crippen LogP contribution in [0.25, 0.3) is 0 Å². The highest BCUT2D eigenvalue weighted by Gasteiger charge is 2.59. The van der Waals surface area contributed by atoms with E-state index in [9.17, 15) is 0 Å². The molecule has 1 aliphatic carbocycles. The highest BCUT2D eigenvalue weighted by atomic mass is 16.3. The summed E-state index contributed by atoms with van der Waals surface area (Å²) in [7, 11) is 0. The Balaban J connectivity index is 2.79. The summed E-state index contributed by atoms with van der Waals surface area (Å²) in [5.41, 5.74) is 6.21. The van der Waals surface area contributed by atoms with E-state index in [1.54, 1.807) is 0 Å². The van der Waals surface area contributed by atoms with Crippen LogP contribution >= 0.6 is 0 Å². The number of aliphatic hydroxyl groups excluding tert-OH is 1. The second-order valence-corrected chi connectivity index (χ2v) is 4.86. The molecule has 1 aliphatic rings. The molecule has 1 fully saturated rings. The van der Waals surface area contributed by atoms with Gasteiger partial charge in [-0.05, 0) is 16.7 Å². The first kappa shape index (κ1) is 9.01. The molecule has 0 bridgehead atoms. The highest BCUT2D eigenvalue weighted by molar-refractivity contribution is 5.11. The normalized spacial score (nSPS) is 39.8. The summed E-state index contributed by atoms with van der Waals surface area (Å²) in [6, 6.07) is 0.215. The lowest BCUT2D eigenvalue weighted by Crippen LogP contribution is -2.68. The Kier molecular flexibility index (Phi) is 1.81. The van der Waals surface area contributed by atoms with E-state index in [0.29, 0.717) is 5.92 Å². The summed E-state index contributed by atoms with van der Waals surface area (Å²) < 4.78 is 0. The molecule has 2 heteroatoms. The molecule has 0 heterocycles. The van der Waals surface area contributed by atoms with E-state index in [-0.39, 0.29) is 23.5 Å². The SMILES string of the molecule is CC1(C)C(N)C(C)(C)C1CO. The first-order valence-electron chi connectivity index (χ1n) is 4.21. The summed E-state index contributed by atoms with van der Waals surface area (Å²) in [6.45, 7) is 8.77. The average Bonchev–Trinajstić information content (AvgIpc) is 1.86. The third-order valence-corrected chi connectivity index (χ3v) is 3.58. The van der Waals surface area contributed by atoms with Crippen molar-refractivity contribution < 1.29 is 5.11 Å². The van der Waals surface area contributed by atoms with Crippen LogP contribution < -0.4 is 5.73 Å². The van der Waals surface area contributed by atoms with Crippen LogP contribution in [0.15, 0.2) is 0 Å². The van der Waals surface area contributed by atoms with E-state index in [0.717, 1.165) is 0 Å². The van der Waals surface area contributed by atoms with Crippen LogP contribution in [0.3, 0.4) is 0 Å². The van der Waals surface area contributed by atoms with Crippen molar-refractivity contribution in [1.29, 1.82) is 0 Å². The van der Waals surface area contributed by atoms with Gasteiger partial charge < -0.3 is 10.8 Å². The molecule has 11 heavy (non-hydrogen) atoms. The lowest BCUT2D eigenvalue weighted by molar-refractivity contribution is -0.131. The van der Waals surface area contributed by atoms with Gasteiger partial charge >= 0.3 is 0 Å². The van der Waals surface area contributed by atoms with Gasteiger partial charge in [0.05, 0.1) is 0 Å². The second-order valence-electron chi connectivity index (χ2n) is 4.86. The van der Waals surface area contributed by atoms with Crippen LogP contribution in [0.2, 0.25) is 0 Å². The first-order valence-corrected chi connectivity index (χ1v) is 4.21. The second kappa shape index (κ2) is 2.20. The standard InChI is InChI=1S/C9H19NO/c1-8(2)6(5-11)9(3,4)7(8)10/h6-7,11H,5,10H2,1-4H3. The Labute approximate surface area is 68.8 Å². The third-order valence-electron chi connectivity index (χ3n) is 3.58. The fraction of sp³-hybridized carbons (Fsp3) is 1.00. The zero-order valence-corrected chi connectivity index (χ0v) is 7.89. The van der Waals surface area contributed by atoms with Crippen molar-refractivity contribution in [1.82, 2.24) is 0 Å². The fourth-order valence-electron chi connectivity index (χ4n) is 2.73. The van der Waals surface area contributed by atoms with Gasteiger partial charge in [0.1, 0.15) is 0 Å². The zero-order chi connectivity index (χ0) is 8.86. The predicted molar refractivity (Wildman–Crippen MR) is 46.1 cm³/mol. The molecular weight excluding hydrogens is 138 g/mol. The summed E-state index contributed by atoms with van der Waals surface area (Å²) in [5, 5.41) is 9.12. The average molecular weight is 157 g/mol. The largest absolute Gasteiger partial charge is 0.396 e. The number of rotatable bonds is 1. The molecule has 2 nitrogen and oxygen atoms in total. The molecular formula is C9H19NO. The van der Waals surface area contributed by atoms with Gasteiger partial charge in [-0.1, -0.05) is 27.7 Å². The Hall–Kier alpha value is -0.0800. The van der Waals surface area contributed by atoms with Gasteiger partial charge in [-0.25, -0.2) is 0 Å². The van der Waals surface area contributed by atoms with Crippen LogP contribution in [0.5, 0.6) is 0 Å². The lowest BCUT2D eigenvalue weighted by atomic mass is 9.45. The molecule has 66 valence electrons. The van der Waals surface area contributed by atoms with Crippen molar-refractivity contribution >= 4 is 0 Å². The van der Waals surface area contributed by atoms with Gasteiger partial charge in [-0.2, -0.15) is 0 Å². The Morgan fingerprint density at radius 2 is 1.55 bits per heavy atom. The number of hydrogen-bond donors (Lipinski definition) is 2. The quantitative estimate of drug-likeness (QED) is 0.596. The van der Waals surface area contributed by atoms with Gasteiger partial charge in [0.15, 0.2) is 0 Å². The van der Waals surface area contributed by atoms with Gasteiger partial charge in [0.2, 0.25) is 0 Å². The maximum atomic E-state index is 9.12. The molecule has 0 spiro atoms. The van der Waals surface area contributed by atoms with Crippen LogP contribution in [-0.4, -0.2) is 17.8 Å². The minimum Gasteiger partial charge on any atom is -0.396 e. The van der Waals surface area contributed by atoms with E-state index >= 15 is 0 Å². The van der Waals surface area contributed by atoms with Crippen LogP contribution in [-0.2, 0) is 0 Å². The molecule has 0 radical (unpaired) electrons. The summed E-state index contributed by atoms with van der Waals surface area (Å²) in [6.07, 6.45) is 0. The molecule has 0 aromatic rings. The molecule has 0 aromatic heterocycles. The van der Waals surface area contributed by atoms with Crippen molar-refractivity contribution in [3.05, 3.63) is 0 Å². The summed E-state index contributed by atoms with van der Waals surface area (Å²) in [5.74, 6) is 0.352. The van der Waals surface area contributed by atoms with Crippen LogP contribution in [0.4, 0.5) is 0 Å². The number of hydrogen-bond acceptors (Lipinski definition) is 2. The van der Waals surface area contributed by atoms with Crippen molar-refractivity contribution in [3.8, 4) is 0 Å². The number of aliphatic hydroxyl groups is 1. The fourth-order valence-corrected chi connectivity index (χ4v) is 2.73. The minimum absolute atomic E-state index is 0.109. The van der Waals surface area contributed by atoms with E-state index in [2.05, 4.69) is 27.7 Å². The van der Waals surface area contributed by atoms with Gasteiger partial charge in [0, 0.05) is 12.6 Å². The van der Waals surface area contributed by atoms with Crippen LogP contribution in [0, 0.1) is 16.7 Å². The third kappa shape index (κ3) is 0.926. The number of nitrogens with two attached hydrogens (primary N) is 1. The topological polar surface area (TPSA) is 46.2 Å². The first-order chi connectivity index (χ1) is 4.85.